The van der Waals surface area contributed by atoms with Crippen LogP contribution in [0, 0.1) is 5.82 Å². The van der Waals surface area contributed by atoms with E-state index in [1.54, 1.807) is 12.1 Å². The summed E-state index contributed by atoms with van der Waals surface area (Å²) in [5, 5.41) is 13.3. The fourth-order valence-corrected chi connectivity index (χ4v) is 4.79. The largest absolute Gasteiger partial charge is 0.477 e. The van der Waals surface area contributed by atoms with Crippen LogP contribution in [0.15, 0.2) is 42.9 Å². The van der Waals surface area contributed by atoms with Crippen molar-refractivity contribution in [2.45, 2.75) is 50.6 Å². The molecule has 1 aliphatic carbocycles. The molecule has 2 aromatic heterocycles. The Kier molecular flexibility index (Phi) is 7.53. The van der Waals surface area contributed by atoms with Crippen LogP contribution in [0.1, 0.15) is 56.6 Å². The van der Waals surface area contributed by atoms with Gasteiger partial charge in [0.25, 0.3) is 0 Å². The van der Waals surface area contributed by atoms with E-state index in [0.29, 0.717) is 48.7 Å². The molecule has 2 heterocycles. The van der Waals surface area contributed by atoms with E-state index in [1.807, 2.05) is 13.8 Å². The normalized spacial score (nSPS) is 15.4. The molecule has 186 valence electrons. The van der Waals surface area contributed by atoms with E-state index >= 15 is 0 Å². The lowest BCUT2D eigenvalue weighted by molar-refractivity contribution is 0.117. The molecule has 0 radical (unpaired) electrons. The van der Waals surface area contributed by atoms with E-state index in [2.05, 4.69) is 30.0 Å². The number of aliphatic hydroxyl groups excluding tert-OH is 1. The second kappa shape index (κ2) is 10.6. The Hall–Kier alpha value is -3.22. The fourth-order valence-electron chi connectivity index (χ4n) is 3.51. The molecule has 1 fully saturated rings. The summed E-state index contributed by atoms with van der Waals surface area (Å²) in [7, 11) is -3.51. The number of anilines is 1. The summed E-state index contributed by atoms with van der Waals surface area (Å²) in [6, 6.07) is 5.52. The second-order valence-electron chi connectivity index (χ2n) is 8.09. The van der Waals surface area contributed by atoms with Gasteiger partial charge in [-0.1, -0.05) is 19.1 Å². The summed E-state index contributed by atoms with van der Waals surface area (Å²) in [5.41, 5.74) is 1.44. The van der Waals surface area contributed by atoms with Gasteiger partial charge in [0.1, 0.15) is 12.0 Å². The monoisotopic (exact) mass is 502 g/mol. The Morgan fingerprint density at radius 1 is 1.20 bits per heavy atom. The Morgan fingerprint density at radius 2 is 2.00 bits per heavy atom. The molecule has 0 amide bonds. The van der Waals surface area contributed by atoms with Crippen molar-refractivity contribution < 1.29 is 22.7 Å². The minimum Gasteiger partial charge on any atom is -0.477 e. The summed E-state index contributed by atoms with van der Waals surface area (Å²) in [4.78, 5) is 16.6. The van der Waals surface area contributed by atoms with Gasteiger partial charge in [-0.25, -0.2) is 27.8 Å². The van der Waals surface area contributed by atoms with Crippen LogP contribution < -0.4 is 14.8 Å². The van der Waals surface area contributed by atoms with E-state index in [-0.39, 0.29) is 11.5 Å². The third-order valence-electron chi connectivity index (χ3n) is 5.49. The van der Waals surface area contributed by atoms with Gasteiger partial charge < -0.3 is 9.84 Å². The smallest absolute Gasteiger partial charge is 0.237 e. The van der Waals surface area contributed by atoms with Crippen LogP contribution in [0.2, 0.25) is 0 Å². The van der Waals surface area contributed by atoms with Gasteiger partial charge in [0.15, 0.2) is 0 Å². The third kappa shape index (κ3) is 6.08. The first-order valence-electron chi connectivity index (χ1n) is 11.3. The highest BCUT2D eigenvalue weighted by molar-refractivity contribution is 7.93. The molecule has 12 heteroatoms. The lowest BCUT2D eigenvalue weighted by atomic mass is 10.1. The highest BCUT2D eigenvalue weighted by Gasteiger charge is 2.36. The van der Waals surface area contributed by atoms with Gasteiger partial charge in [-0.15, -0.1) is 0 Å². The Morgan fingerprint density at radius 3 is 2.69 bits per heavy atom. The molecule has 1 unspecified atom stereocenters. The standard InChI is InChI=1S/C23H27FN6O4S/c1-3-18(19-9-10-26-23(29-19)30-35(32,33)15-6-7-15)28-22(31)16-8-5-14(11-17(16)24)20-12-25-13-21(27-20)34-4-2/h5,8-13,15,18,22,28,31H,3-4,6-7H2,1-2H3,(H,26,29,30)/t18-,22?/m0/s1. The number of halogens is 1. The average Bonchev–Trinajstić information content (AvgIpc) is 3.69. The van der Waals surface area contributed by atoms with E-state index in [4.69, 9.17) is 4.74 Å². The summed E-state index contributed by atoms with van der Waals surface area (Å²) < 4.78 is 47.1. The van der Waals surface area contributed by atoms with Gasteiger partial charge in [0.05, 0.1) is 41.7 Å². The van der Waals surface area contributed by atoms with Crippen molar-refractivity contribution in [3.63, 3.8) is 0 Å². The minimum absolute atomic E-state index is 0.0323. The van der Waals surface area contributed by atoms with Crippen LogP contribution in [0.4, 0.5) is 10.3 Å². The maximum absolute atomic E-state index is 14.9. The van der Waals surface area contributed by atoms with Gasteiger partial charge in [-0.3, -0.25) is 15.0 Å². The van der Waals surface area contributed by atoms with E-state index in [9.17, 15) is 17.9 Å². The SMILES string of the molecule is CCOc1cncc(-c2ccc(C(O)N[C@@H](CC)c3ccnc(NS(=O)(=O)C4CC4)n3)c(F)c2)n1. The fraction of sp³-hybridized carbons (Fsp3) is 0.391. The predicted molar refractivity (Wildman–Crippen MR) is 127 cm³/mol. The number of rotatable bonds is 11. The molecule has 0 spiro atoms. The number of nitrogens with zero attached hydrogens (tertiary/aromatic N) is 4. The molecule has 3 N–H and O–H groups in total. The van der Waals surface area contributed by atoms with Crippen LogP contribution in [0.3, 0.4) is 0 Å². The summed E-state index contributed by atoms with van der Waals surface area (Å²) in [5.74, 6) is -0.317. The molecule has 4 rings (SSSR count). The number of aromatic nitrogens is 4. The quantitative estimate of drug-likeness (QED) is 0.337. The predicted octanol–water partition coefficient (Wildman–Crippen LogP) is 3.11. The summed E-state index contributed by atoms with van der Waals surface area (Å²) >= 11 is 0. The van der Waals surface area contributed by atoms with Crippen LogP contribution in [-0.2, 0) is 10.0 Å². The molecule has 0 aliphatic heterocycles. The zero-order valence-electron chi connectivity index (χ0n) is 19.3. The van der Waals surface area contributed by atoms with Gasteiger partial charge >= 0.3 is 0 Å². The zero-order chi connectivity index (χ0) is 25.0. The Bertz CT molecular complexity index is 1290. The summed E-state index contributed by atoms with van der Waals surface area (Å²) in [6.45, 7) is 4.13. The maximum atomic E-state index is 14.9. The van der Waals surface area contributed by atoms with Crippen molar-refractivity contribution in [1.29, 1.82) is 0 Å². The third-order valence-corrected chi connectivity index (χ3v) is 7.31. The van der Waals surface area contributed by atoms with Crippen molar-refractivity contribution in [2.75, 3.05) is 11.3 Å². The topological polar surface area (TPSA) is 139 Å². The molecule has 1 aliphatic rings. The van der Waals surface area contributed by atoms with Gasteiger partial charge in [0, 0.05) is 17.3 Å². The van der Waals surface area contributed by atoms with Crippen LogP contribution in [0.25, 0.3) is 11.3 Å². The second-order valence-corrected chi connectivity index (χ2v) is 10.1. The number of aliphatic hydroxyl groups is 1. The van der Waals surface area contributed by atoms with Crippen LogP contribution >= 0.6 is 0 Å². The molecule has 35 heavy (non-hydrogen) atoms. The Balaban J connectivity index is 1.49. The molecule has 1 aromatic carbocycles. The van der Waals surface area contributed by atoms with E-state index < -0.39 is 33.4 Å². The number of hydrogen-bond donors (Lipinski definition) is 3. The first kappa shape index (κ1) is 24.9. The van der Waals surface area contributed by atoms with Crippen molar-refractivity contribution >= 4 is 16.0 Å². The number of sulfonamides is 1. The molecule has 2 atom stereocenters. The molecular weight excluding hydrogens is 475 g/mol. The first-order chi connectivity index (χ1) is 16.8. The van der Waals surface area contributed by atoms with Gasteiger partial charge in [-0.05, 0) is 38.3 Å². The van der Waals surface area contributed by atoms with Crippen LogP contribution in [-0.4, -0.2) is 45.3 Å². The van der Waals surface area contributed by atoms with Crippen molar-refractivity contribution in [3.05, 3.63) is 59.9 Å². The number of nitrogens with one attached hydrogen (secondary N) is 2. The lowest BCUT2D eigenvalue weighted by Gasteiger charge is -2.22. The average molecular weight is 503 g/mol. The van der Waals surface area contributed by atoms with Crippen molar-refractivity contribution in [2.24, 2.45) is 0 Å². The molecule has 10 nitrogen and oxygen atoms in total. The number of hydrogen-bond acceptors (Lipinski definition) is 9. The molecular formula is C23H27FN6O4S. The van der Waals surface area contributed by atoms with E-state index in [0.717, 1.165) is 0 Å². The first-order valence-corrected chi connectivity index (χ1v) is 12.9. The molecule has 0 saturated heterocycles. The maximum Gasteiger partial charge on any atom is 0.237 e. The molecule has 1 saturated carbocycles. The minimum atomic E-state index is -3.51. The number of ether oxygens (including phenoxy) is 1. The van der Waals surface area contributed by atoms with E-state index in [1.165, 1.54) is 30.7 Å². The van der Waals surface area contributed by atoms with Crippen molar-refractivity contribution in [1.82, 2.24) is 25.3 Å². The van der Waals surface area contributed by atoms with Crippen LogP contribution in [0.5, 0.6) is 5.88 Å². The molecule has 0 bridgehead atoms. The van der Waals surface area contributed by atoms with Gasteiger partial charge in [0.2, 0.25) is 21.9 Å². The highest BCUT2D eigenvalue weighted by Crippen LogP contribution is 2.30. The van der Waals surface area contributed by atoms with Crippen molar-refractivity contribution in [3.8, 4) is 17.1 Å². The highest BCUT2D eigenvalue weighted by atomic mass is 32.2. The molecule has 3 aromatic rings. The number of benzene rings is 1. The Labute approximate surface area is 203 Å². The zero-order valence-corrected chi connectivity index (χ0v) is 20.2. The lowest BCUT2D eigenvalue weighted by Crippen LogP contribution is -2.28. The summed E-state index contributed by atoms with van der Waals surface area (Å²) in [6.07, 6.45) is 4.83. The van der Waals surface area contributed by atoms with Gasteiger partial charge in [-0.2, -0.15) is 0 Å².